The monoisotopic (exact) mass is 336 g/mol. The fourth-order valence-corrected chi connectivity index (χ4v) is 3.37. The molecule has 0 unspecified atom stereocenters. The number of hydrogen-bond donors (Lipinski definition) is 0. The van der Waals surface area contributed by atoms with Crippen molar-refractivity contribution in [1.29, 1.82) is 0 Å². The average molecular weight is 337 g/mol. The van der Waals surface area contributed by atoms with Crippen LogP contribution in [0.25, 0.3) is 6.08 Å². The maximum Gasteiger partial charge on any atom is 0.139 e. The lowest BCUT2D eigenvalue weighted by Crippen LogP contribution is -1.83. The maximum atomic E-state index is 4.01. The molecule has 23 heavy (non-hydrogen) atoms. The molecule has 1 rings (SSSR count). The molecule has 0 radical (unpaired) electrons. The number of hydrogen-bond acceptors (Lipinski definition) is 3. The molecule has 0 bridgehead atoms. The summed E-state index contributed by atoms with van der Waals surface area (Å²) in [6, 6.07) is 0. The molecule has 0 atom stereocenters. The van der Waals surface area contributed by atoms with Crippen molar-refractivity contribution in [3.05, 3.63) is 16.6 Å². The number of aromatic nitrogens is 2. The molecule has 0 aliphatic carbocycles. The van der Waals surface area contributed by atoms with E-state index < -0.39 is 0 Å². The Morgan fingerprint density at radius 1 is 0.783 bits per heavy atom. The fraction of sp³-hybridized carbons (Fsp3) is 0.800. The number of rotatable bonds is 16. The second-order valence-electron chi connectivity index (χ2n) is 6.56. The van der Waals surface area contributed by atoms with Crippen LogP contribution in [0.3, 0.4) is 0 Å². The minimum Gasteiger partial charge on any atom is -0.147 e. The first kappa shape index (κ1) is 20.3. The third kappa shape index (κ3) is 13.4. The van der Waals surface area contributed by atoms with Gasteiger partial charge < -0.3 is 0 Å². The van der Waals surface area contributed by atoms with E-state index in [9.17, 15) is 0 Å². The predicted octanol–water partition coefficient (Wildman–Crippen LogP) is 7.42. The van der Waals surface area contributed by atoms with Crippen LogP contribution in [-0.2, 0) is 0 Å². The minimum absolute atomic E-state index is 1.02. The van der Waals surface area contributed by atoms with Crippen molar-refractivity contribution in [3.8, 4) is 0 Å². The normalized spacial score (nSPS) is 11.5. The van der Waals surface area contributed by atoms with Gasteiger partial charge >= 0.3 is 0 Å². The van der Waals surface area contributed by atoms with Gasteiger partial charge in [-0.1, -0.05) is 96.5 Å². The van der Waals surface area contributed by atoms with Crippen LogP contribution in [0, 0.1) is 0 Å². The van der Waals surface area contributed by atoms with Crippen molar-refractivity contribution in [2.45, 2.75) is 103 Å². The molecule has 2 nitrogen and oxygen atoms in total. The van der Waals surface area contributed by atoms with Crippen molar-refractivity contribution in [3.63, 3.8) is 0 Å². The van der Waals surface area contributed by atoms with Gasteiger partial charge in [-0.05, 0) is 18.9 Å². The maximum absolute atomic E-state index is 4.01. The first-order chi connectivity index (χ1) is 11.4. The van der Waals surface area contributed by atoms with Crippen molar-refractivity contribution >= 4 is 17.4 Å². The molecule has 1 heterocycles. The minimum atomic E-state index is 1.02. The Balaban J connectivity index is 1.71. The van der Waals surface area contributed by atoms with E-state index in [0.717, 1.165) is 5.01 Å². The fourth-order valence-electron chi connectivity index (χ4n) is 2.90. The van der Waals surface area contributed by atoms with E-state index >= 15 is 0 Å². The summed E-state index contributed by atoms with van der Waals surface area (Å²) in [4.78, 5) is 0. The Morgan fingerprint density at radius 3 is 1.78 bits per heavy atom. The largest absolute Gasteiger partial charge is 0.147 e. The van der Waals surface area contributed by atoms with E-state index in [4.69, 9.17) is 0 Å². The molecular weight excluding hydrogens is 300 g/mol. The molecule has 3 heteroatoms. The van der Waals surface area contributed by atoms with E-state index in [1.54, 1.807) is 16.8 Å². The van der Waals surface area contributed by atoms with Crippen molar-refractivity contribution in [1.82, 2.24) is 10.2 Å². The lowest BCUT2D eigenvalue weighted by atomic mass is 10.0. The summed E-state index contributed by atoms with van der Waals surface area (Å²) < 4.78 is 0. The van der Waals surface area contributed by atoms with Crippen LogP contribution in [0.5, 0.6) is 0 Å². The zero-order chi connectivity index (χ0) is 16.4. The van der Waals surface area contributed by atoms with Gasteiger partial charge in [-0.2, -0.15) is 0 Å². The van der Waals surface area contributed by atoms with E-state index in [1.807, 2.05) is 0 Å². The highest BCUT2D eigenvalue weighted by molar-refractivity contribution is 7.10. The third-order valence-corrected chi connectivity index (χ3v) is 5.02. The standard InChI is InChI=1S/C20H36N2S/c1-2-3-4-5-6-7-8-9-10-11-12-13-14-15-16-17-18-20-22-21-19-23-20/h17-19H,2-16H2,1H3/b18-17+. The van der Waals surface area contributed by atoms with Crippen LogP contribution in [0.15, 0.2) is 11.6 Å². The van der Waals surface area contributed by atoms with Gasteiger partial charge in [-0.15, -0.1) is 21.5 Å². The lowest BCUT2D eigenvalue weighted by molar-refractivity contribution is 0.536. The summed E-state index contributed by atoms with van der Waals surface area (Å²) in [5, 5.41) is 8.86. The summed E-state index contributed by atoms with van der Waals surface area (Å²) in [7, 11) is 0. The highest BCUT2D eigenvalue weighted by atomic mass is 32.1. The Labute approximate surface area is 147 Å². The molecule has 0 aliphatic rings. The van der Waals surface area contributed by atoms with Crippen LogP contribution in [0.1, 0.15) is 108 Å². The number of unbranched alkanes of at least 4 members (excludes halogenated alkanes) is 14. The van der Waals surface area contributed by atoms with E-state index in [2.05, 4.69) is 29.3 Å². The van der Waals surface area contributed by atoms with Crippen LogP contribution < -0.4 is 0 Å². The Bertz CT molecular complexity index is 360. The first-order valence-corrected chi connectivity index (χ1v) is 10.7. The van der Waals surface area contributed by atoms with Crippen molar-refractivity contribution in [2.24, 2.45) is 0 Å². The van der Waals surface area contributed by atoms with Crippen LogP contribution >= 0.6 is 11.3 Å². The van der Waals surface area contributed by atoms with Crippen LogP contribution in [0.2, 0.25) is 0 Å². The summed E-state index contributed by atoms with van der Waals surface area (Å²) in [5.41, 5.74) is 1.78. The molecule has 132 valence electrons. The Hall–Kier alpha value is -0.700. The van der Waals surface area contributed by atoms with E-state index in [1.165, 1.54) is 96.3 Å². The lowest BCUT2D eigenvalue weighted by Gasteiger charge is -2.02. The second kappa shape index (κ2) is 16.2. The molecule has 0 aromatic carbocycles. The van der Waals surface area contributed by atoms with Crippen LogP contribution in [-0.4, -0.2) is 10.2 Å². The zero-order valence-corrected chi connectivity index (χ0v) is 16.0. The molecule has 0 saturated heterocycles. The molecule has 0 N–H and O–H groups in total. The molecule has 0 saturated carbocycles. The van der Waals surface area contributed by atoms with Crippen molar-refractivity contribution in [2.75, 3.05) is 0 Å². The molecule has 0 fully saturated rings. The van der Waals surface area contributed by atoms with Gasteiger partial charge in [0.25, 0.3) is 0 Å². The van der Waals surface area contributed by atoms with Gasteiger partial charge in [0.05, 0.1) is 0 Å². The number of allylic oxidation sites excluding steroid dienone is 1. The molecule has 0 aliphatic heterocycles. The van der Waals surface area contributed by atoms with Gasteiger partial charge in [0.15, 0.2) is 0 Å². The average Bonchev–Trinajstić information content (AvgIpc) is 3.08. The van der Waals surface area contributed by atoms with E-state index in [-0.39, 0.29) is 0 Å². The van der Waals surface area contributed by atoms with Gasteiger partial charge in [0.2, 0.25) is 0 Å². The molecule has 0 spiro atoms. The third-order valence-electron chi connectivity index (χ3n) is 4.36. The van der Waals surface area contributed by atoms with Crippen LogP contribution in [0.4, 0.5) is 0 Å². The summed E-state index contributed by atoms with van der Waals surface area (Å²) in [5.74, 6) is 0. The van der Waals surface area contributed by atoms with Crippen molar-refractivity contribution < 1.29 is 0 Å². The van der Waals surface area contributed by atoms with Gasteiger partial charge in [0, 0.05) is 0 Å². The topological polar surface area (TPSA) is 25.8 Å². The number of nitrogens with zero attached hydrogens (tertiary/aromatic N) is 2. The zero-order valence-electron chi connectivity index (χ0n) is 15.1. The van der Waals surface area contributed by atoms with Gasteiger partial charge in [-0.3, -0.25) is 0 Å². The first-order valence-electron chi connectivity index (χ1n) is 9.86. The summed E-state index contributed by atoms with van der Waals surface area (Å²) in [6.45, 7) is 2.29. The van der Waals surface area contributed by atoms with Gasteiger partial charge in [0.1, 0.15) is 10.5 Å². The Morgan fingerprint density at radius 2 is 1.30 bits per heavy atom. The summed E-state index contributed by atoms with van der Waals surface area (Å²) >= 11 is 1.60. The highest BCUT2D eigenvalue weighted by Gasteiger charge is 1.94. The Kier molecular flexibility index (Phi) is 14.3. The van der Waals surface area contributed by atoms with Gasteiger partial charge in [-0.25, -0.2) is 0 Å². The summed E-state index contributed by atoms with van der Waals surface area (Å²) in [6.07, 6.45) is 25.5. The molecule has 1 aromatic heterocycles. The highest BCUT2D eigenvalue weighted by Crippen LogP contribution is 2.13. The molecule has 0 amide bonds. The molecule has 1 aromatic rings. The SMILES string of the molecule is CCCCCCCCCCCCCCCC/C=C/c1nncs1. The quantitative estimate of drug-likeness (QED) is 0.293. The molecular formula is C20H36N2S. The predicted molar refractivity (Wildman–Crippen MR) is 104 cm³/mol. The second-order valence-corrected chi connectivity index (χ2v) is 7.43. The smallest absolute Gasteiger partial charge is 0.139 e. The van der Waals surface area contributed by atoms with E-state index in [0.29, 0.717) is 0 Å².